The van der Waals surface area contributed by atoms with Crippen LogP contribution in [0.4, 0.5) is 0 Å². The van der Waals surface area contributed by atoms with Gasteiger partial charge in [0.2, 0.25) is 5.91 Å². The van der Waals surface area contributed by atoms with Gasteiger partial charge in [0.1, 0.15) is 0 Å². The lowest BCUT2D eigenvalue weighted by atomic mass is 9.96. The maximum Gasteiger partial charge on any atom is 0.237 e. The predicted octanol–water partition coefficient (Wildman–Crippen LogP) is -0.108. The molecular weight excluding hydrogens is 240 g/mol. The van der Waals surface area contributed by atoms with Gasteiger partial charge in [0.25, 0.3) is 0 Å². The standard InChI is InChI=1S/C14H26N4O/c15-13(19)14(16)5-4-11(9-14)18-8-7-17-6-2-1-3-12(17)10-18/h11-12H,1-10,16H2,(H2,15,19). The number of fused-ring (bicyclic) bond motifs is 1. The maximum atomic E-state index is 11.5. The van der Waals surface area contributed by atoms with Crippen LogP contribution in [-0.2, 0) is 4.79 Å². The van der Waals surface area contributed by atoms with E-state index in [0.717, 1.165) is 38.4 Å². The average molecular weight is 266 g/mol. The highest BCUT2D eigenvalue weighted by Gasteiger charge is 2.44. The van der Waals surface area contributed by atoms with E-state index in [1.807, 2.05) is 0 Å². The fraction of sp³-hybridized carbons (Fsp3) is 0.929. The smallest absolute Gasteiger partial charge is 0.237 e. The van der Waals surface area contributed by atoms with E-state index in [1.165, 1.54) is 32.4 Å². The number of nitrogens with zero attached hydrogens (tertiary/aromatic N) is 2. The van der Waals surface area contributed by atoms with Crippen molar-refractivity contribution in [3.63, 3.8) is 0 Å². The van der Waals surface area contributed by atoms with Crippen molar-refractivity contribution in [2.75, 3.05) is 26.2 Å². The van der Waals surface area contributed by atoms with Gasteiger partial charge in [-0.05, 0) is 38.6 Å². The third-order valence-corrected chi connectivity index (χ3v) is 5.40. The van der Waals surface area contributed by atoms with Crippen molar-refractivity contribution in [1.82, 2.24) is 9.80 Å². The van der Waals surface area contributed by atoms with Gasteiger partial charge in [0.05, 0.1) is 5.54 Å². The number of carbonyl (C=O) groups is 1. The molecule has 1 saturated carbocycles. The highest BCUT2D eigenvalue weighted by molar-refractivity contribution is 5.84. The van der Waals surface area contributed by atoms with Gasteiger partial charge in [0.15, 0.2) is 0 Å². The van der Waals surface area contributed by atoms with Crippen molar-refractivity contribution < 1.29 is 4.79 Å². The van der Waals surface area contributed by atoms with Gasteiger partial charge in [-0.2, -0.15) is 0 Å². The van der Waals surface area contributed by atoms with Crippen LogP contribution in [0.25, 0.3) is 0 Å². The largest absolute Gasteiger partial charge is 0.368 e. The van der Waals surface area contributed by atoms with Crippen LogP contribution in [0.3, 0.4) is 0 Å². The van der Waals surface area contributed by atoms with Crippen LogP contribution in [0.1, 0.15) is 38.5 Å². The summed E-state index contributed by atoms with van der Waals surface area (Å²) in [7, 11) is 0. The second kappa shape index (κ2) is 5.04. The van der Waals surface area contributed by atoms with E-state index >= 15 is 0 Å². The Morgan fingerprint density at radius 3 is 2.58 bits per heavy atom. The second-order valence-electron chi connectivity index (χ2n) is 6.60. The normalized spacial score (nSPS) is 41.1. The maximum absolute atomic E-state index is 11.5. The molecule has 0 radical (unpaired) electrons. The summed E-state index contributed by atoms with van der Waals surface area (Å²) in [6.45, 7) is 4.72. The lowest BCUT2D eigenvalue weighted by Gasteiger charge is -2.46. The van der Waals surface area contributed by atoms with Gasteiger partial charge in [-0.3, -0.25) is 14.6 Å². The van der Waals surface area contributed by atoms with Crippen LogP contribution in [0.5, 0.6) is 0 Å². The summed E-state index contributed by atoms with van der Waals surface area (Å²) in [5.74, 6) is -0.327. The number of piperidine rings is 1. The van der Waals surface area contributed by atoms with Crippen LogP contribution in [0, 0.1) is 0 Å². The number of primary amides is 1. The number of nitrogens with two attached hydrogens (primary N) is 2. The molecule has 2 aliphatic heterocycles. The third kappa shape index (κ3) is 2.51. The summed E-state index contributed by atoms with van der Waals surface area (Å²) < 4.78 is 0. The molecule has 1 amide bonds. The van der Waals surface area contributed by atoms with Crippen LogP contribution in [-0.4, -0.2) is 59.5 Å². The Kier molecular flexibility index (Phi) is 3.53. The molecule has 3 atom stereocenters. The van der Waals surface area contributed by atoms with E-state index in [-0.39, 0.29) is 5.91 Å². The van der Waals surface area contributed by atoms with Gasteiger partial charge in [-0.25, -0.2) is 0 Å². The van der Waals surface area contributed by atoms with E-state index in [9.17, 15) is 4.79 Å². The number of amides is 1. The molecule has 0 aromatic heterocycles. The minimum atomic E-state index is -0.756. The fourth-order valence-electron chi connectivity index (χ4n) is 4.10. The average Bonchev–Trinajstić information content (AvgIpc) is 2.82. The first-order valence-corrected chi connectivity index (χ1v) is 7.65. The van der Waals surface area contributed by atoms with Crippen LogP contribution in [0.15, 0.2) is 0 Å². The molecule has 0 bridgehead atoms. The summed E-state index contributed by atoms with van der Waals surface area (Å²) in [5, 5.41) is 0. The molecule has 0 spiro atoms. The number of hydrogen-bond acceptors (Lipinski definition) is 4. The Bertz CT molecular complexity index is 361. The lowest BCUT2D eigenvalue weighted by molar-refractivity contribution is -0.123. The zero-order chi connectivity index (χ0) is 13.5. The zero-order valence-electron chi connectivity index (χ0n) is 11.7. The minimum absolute atomic E-state index is 0.327. The lowest BCUT2D eigenvalue weighted by Crippen LogP contribution is -2.57. The van der Waals surface area contributed by atoms with Crippen molar-refractivity contribution in [3.8, 4) is 0 Å². The number of rotatable bonds is 2. The highest BCUT2D eigenvalue weighted by atomic mass is 16.1. The quantitative estimate of drug-likeness (QED) is 0.731. The molecule has 1 aliphatic carbocycles. The highest BCUT2D eigenvalue weighted by Crippen LogP contribution is 2.33. The SMILES string of the molecule is NC(=O)C1(N)CCC(N2CCN3CCCCC3C2)C1. The molecular formula is C14H26N4O. The van der Waals surface area contributed by atoms with E-state index in [4.69, 9.17) is 11.5 Å². The number of hydrogen-bond donors (Lipinski definition) is 2. The molecule has 0 aromatic rings. The molecule has 3 rings (SSSR count). The second-order valence-corrected chi connectivity index (χ2v) is 6.60. The summed E-state index contributed by atoms with van der Waals surface area (Å²) in [6.07, 6.45) is 6.56. The fourth-order valence-corrected chi connectivity index (χ4v) is 4.10. The van der Waals surface area contributed by atoms with Gasteiger partial charge in [-0.15, -0.1) is 0 Å². The molecule has 3 fully saturated rings. The van der Waals surface area contributed by atoms with Gasteiger partial charge < -0.3 is 11.5 Å². The molecule has 3 aliphatic rings. The molecule has 0 aromatic carbocycles. The Hall–Kier alpha value is -0.650. The Morgan fingerprint density at radius 2 is 1.84 bits per heavy atom. The molecule has 5 heteroatoms. The van der Waals surface area contributed by atoms with E-state index in [2.05, 4.69) is 9.80 Å². The first-order chi connectivity index (χ1) is 9.08. The number of carbonyl (C=O) groups excluding carboxylic acids is 1. The van der Waals surface area contributed by atoms with Crippen molar-refractivity contribution in [2.45, 2.75) is 56.1 Å². The first-order valence-electron chi connectivity index (χ1n) is 7.65. The predicted molar refractivity (Wildman–Crippen MR) is 74.5 cm³/mol. The molecule has 4 N–H and O–H groups in total. The topological polar surface area (TPSA) is 75.6 Å². The van der Waals surface area contributed by atoms with Crippen molar-refractivity contribution in [1.29, 1.82) is 0 Å². The zero-order valence-corrected chi connectivity index (χ0v) is 11.7. The van der Waals surface area contributed by atoms with Crippen molar-refractivity contribution in [3.05, 3.63) is 0 Å². The molecule has 3 unspecified atom stereocenters. The first kappa shape index (κ1) is 13.3. The Balaban J connectivity index is 1.60. The van der Waals surface area contributed by atoms with Gasteiger partial charge in [0, 0.05) is 31.7 Å². The van der Waals surface area contributed by atoms with Crippen LogP contribution >= 0.6 is 0 Å². The molecule has 5 nitrogen and oxygen atoms in total. The summed E-state index contributed by atoms with van der Waals surface area (Å²) >= 11 is 0. The van der Waals surface area contributed by atoms with E-state index in [0.29, 0.717) is 6.04 Å². The van der Waals surface area contributed by atoms with Crippen LogP contribution < -0.4 is 11.5 Å². The van der Waals surface area contributed by atoms with Gasteiger partial charge in [-0.1, -0.05) is 6.42 Å². The molecule has 19 heavy (non-hydrogen) atoms. The molecule has 108 valence electrons. The van der Waals surface area contributed by atoms with Gasteiger partial charge >= 0.3 is 0 Å². The van der Waals surface area contributed by atoms with Crippen molar-refractivity contribution >= 4 is 5.91 Å². The molecule has 2 saturated heterocycles. The van der Waals surface area contributed by atoms with Crippen molar-refractivity contribution in [2.24, 2.45) is 11.5 Å². The number of piperazine rings is 1. The summed E-state index contributed by atoms with van der Waals surface area (Å²) in [6, 6.07) is 1.19. The molecule has 2 heterocycles. The summed E-state index contributed by atoms with van der Waals surface area (Å²) in [4.78, 5) is 16.6. The van der Waals surface area contributed by atoms with Crippen LogP contribution in [0.2, 0.25) is 0 Å². The monoisotopic (exact) mass is 266 g/mol. The van der Waals surface area contributed by atoms with E-state index in [1.54, 1.807) is 0 Å². The van der Waals surface area contributed by atoms with E-state index < -0.39 is 5.54 Å². The third-order valence-electron chi connectivity index (χ3n) is 5.40. The Labute approximate surface area is 115 Å². The Morgan fingerprint density at radius 1 is 1.05 bits per heavy atom. The minimum Gasteiger partial charge on any atom is -0.368 e. The summed E-state index contributed by atoms with van der Waals surface area (Å²) in [5.41, 5.74) is 10.8.